The lowest BCUT2D eigenvalue weighted by atomic mass is 10.2. The molecule has 1 aromatic carbocycles. The van der Waals surface area contributed by atoms with E-state index in [2.05, 4.69) is 15.4 Å². The van der Waals surface area contributed by atoms with E-state index in [1.54, 1.807) is 36.0 Å². The highest BCUT2D eigenvalue weighted by Gasteiger charge is 2.17. The number of thiazole rings is 1. The van der Waals surface area contributed by atoms with E-state index in [0.717, 1.165) is 5.69 Å². The average molecular weight is 405 g/mol. The standard InChI is InChI=1S/C18H17ClN4O3S/c1-3-26-16(24)8-13-10-27-18(21-13)22-17(25)15-9-20-23(11(15)2)14-6-4-5-12(19)7-14/h4-7,9-10H,3,8H2,1-2H3,(H,21,22,25). The molecule has 1 amide bonds. The summed E-state index contributed by atoms with van der Waals surface area (Å²) < 4.78 is 6.54. The molecule has 0 saturated carbocycles. The number of nitrogens with one attached hydrogen (secondary N) is 1. The number of aromatic nitrogens is 3. The Labute approximate surface area is 164 Å². The third-order valence-corrected chi connectivity index (χ3v) is 4.75. The van der Waals surface area contributed by atoms with Gasteiger partial charge < -0.3 is 4.74 Å². The van der Waals surface area contributed by atoms with Gasteiger partial charge in [0, 0.05) is 10.4 Å². The van der Waals surface area contributed by atoms with Crippen molar-refractivity contribution < 1.29 is 14.3 Å². The van der Waals surface area contributed by atoms with Crippen molar-refractivity contribution in [3.8, 4) is 5.69 Å². The topological polar surface area (TPSA) is 86.1 Å². The highest BCUT2D eigenvalue weighted by molar-refractivity contribution is 7.14. The molecule has 0 aliphatic heterocycles. The van der Waals surface area contributed by atoms with Crippen LogP contribution in [0.3, 0.4) is 0 Å². The number of benzene rings is 1. The van der Waals surface area contributed by atoms with Crippen molar-refractivity contribution in [1.82, 2.24) is 14.8 Å². The van der Waals surface area contributed by atoms with Gasteiger partial charge in [-0.25, -0.2) is 9.67 Å². The van der Waals surface area contributed by atoms with Crippen LogP contribution in [0.1, 0.15) is 28.7 Å². The molecule has 3 aromatic rings. The number of amides is 1. The predicted molar refractivity (Wildman–Crippen MR) is 104 cm³/mol. The number of hydrogen-bond donors (Lipinski definition) is 1. The third kappa shape index (κ3) is 4.53. The molecule has 7 nitrogen and oxygen atoms in total. The first-order valence-electron chi connectivity index (χ1n) is 8.20. The van der Waals surface area contributed by atoms with E-state index in [1.165, 1.54) is 17.5 Å². The van der Waals surface area contributed by atoms with E-state index >= 15 is 0 Å². The van der Waals surface area contributed by atoms with Gasteiger partial charge in [0.05, 0.1) is 41.9 Å². The Kier molecular flexibility index (Phi) is 5.88. The number of nitrogens with zero attached hydrogens (tertiary/aromatic N) is 3. The Hall–Kier alpha value is -2.71. The molecule has 2 heterocycles. The fourth-order valence-electron chi connectivity index (χ4n) is 2.47. The first kappa shape index (κ1) is 19.1. The lowest BCUT2D eigenvalue weighted by Gasteiger charge is -2.06. The van der Waals surface area contributed by atoms with Gasteiger partial charge >= 0.3 is 5.97 Å². The van der Waals surface area contributed by atoms with Gasteiger partial charge in [-0.1, -0.05) is 17.7 Å². The smallest absolute Gasteiger partial charge is 0.311 e. The van der Waals surface area contributed by atoms with Crippen molar-refractivity contribution in [3.05, 3.63) is 57.8 Å². The number of rotatable bonds is 6. The third-order valence-electron chi connectivity index (χ3n) is 3.71. The number of ether oxygens (including phenoxy) is 1. The molecule has 0 aliphatic carbocycles. The maximum absolute atomic E-state index is 12.6. The van der Waals surface area contributed by atoms with Crippen molar-refractivity contribution in [2.75, 3.05) is 11.9 Å². The minimum Gasteiger partial charge on any atom is -0.466 e. The predicted octanol–water partition coefficient (Wildman–Crippen LogP) is 3.65. The number of halogens is 1. The number of esters is 1. The molecule has 0 bridgehead atoms. The largest absolute Gasteiger partial charge is 0.466 e. The molecule has 140 valence electrons. The van der Waals surface area contributed by atoms with Crippen LogP contribution in [-0.4, -0.2) is 33.2 Å². The first-order chi connectivity index (χ1) is 13.0. The molecule has 2 aromatic heterocycles. The molecule has 0 saturated heterocycles. The minimum atomic E-state index is -0.348. The molecule has 1 N–H and O–H groups in total. The maximum Gasteiger partial charge on any atom is 0.311 e. The molecular formula is C18H17ClN4O3S. The molecular weight excluding hydrogens is 388 g/mol. The van der Waals surface area contributed by atoms with Crippen molar-refractivity contribution in [1.29, 1.82) is 0 Å². The number of anilines is 1. The van der Waals surface area contributed by atoms with Gasteiger partial charge in [-0.2, -0.15) is 5.10 Å². The Morgan fingerprint density at radius 3 is 2.93 bits per heavy atom. The minimum absolute atomic E-state index is 0.0753. The normalized spacial score (nSPS) is 10.6. The highest BCUT2D eigenvalue weighted by Crippen LogP contribution is 2.20. The molecule has 9 heteroatoms. The zero-order valence-corrected chi connectivity index (χ0v) is 16.3. The fraction of sp³-hybridized carbons (Fsp3) is 0.222. The Balaban J connectivity index is 1.72. The summed E-state index contributed by atoms with van der Waals surface area (Å²) in [5.41, 5.74) is 2.43. The van der Waals surface area contributed by atoms with Crippen LogP contribution in [0.4, 0.5) is 5.13 Å². The van der Waals surface area contributed by atoms with Crippen LogP contribution < -0.4 is 5.32 Å². The van der Waals surface area contributed by atoms with Gasteiger partial charge in [0.1, 0.15) is 0 Å². The van der Waals surface area contributed by atoms with E-state index < -0.39 is 0 Å². The van der Waals surface area contributed by atoms with Gasteiger partial charge in [0.25, 0.3) is 5.91 Å². The molecule has 0 unspecified atom stereocenters. The molecule has 0 atom stereocenters. The monoisotopic (exact) mass is 404 g/mol. The second kappa shape index (κ2) is 8.32. The van der Waals surface area contributed by atoms with Gasteiger partial charge in [-0.15, -0.1) is 11.3 Å². The Bertz CT molecular complexity index is 983. The van der Waals surface area contributed by atoms with Gasteiger partial charge in [0.15, 0.2) is 5.13 Å². The Morgan fingerprint density at radius 1 is 1.37 bits per heavy atom. The van der Waals surface area contributed by atoms with Crippen molar-refractivity contribution >= 4 is 39.9 Å². The van der Waals surface area contributed by atoms with Crippen LogP contribution in [0.2, 0.25) is 5.02 Å². The summed E-state index contributed by atoms with van der Waals surface area (Å²) in [6.45, 7) is 3.87. The lowest BCUT2D eigenvalue weighted by molar-refractivity contribution is -0.142. The molecule has 0 aliphatic rings. The van der Waals surface area contributed by atoms with E-state index in [9.17, 15) is 9.59 Å². The molecule has 3 rings (SSSR count). The van der Waals surface area contributed by atoms with Crippen LogP contribution in [0.5, 0.6) is 0 Å². The first-order valence-corrected chi connectivity index (χ1v) is 9.45. The van der Waals surface area contributed by atoms with Gasteiger partial charge in [-0.3, -0.25) is 14.9 Å². The molecule has 27 heavy (non-hydrogen) atoms. The second-order valence-electron chi connectivity index (χ2n) is 5.62. The number of hydrogen-bond acceptors (Lipinski definition) is 6. The lowest BCUT2D eigenvalue weighted by Crippen LogP contribution is -2.13. The van der Waals surface area contributed by atoms with Crippen LogP contribution in [0.25, 0.3) is 5.69 Å². The molecule has 0 spiro atoms. The van der Waals surface area contributed by atoms with Crippen molar-refractivity contribution in [2.24, 2.45) is 0 Å². The summed E-state index contributed by atoms with van der Waals surface area (Å²) in [6, 6.07) is 7.22. The SMILES string of the molecule is CCOC(=O)Cc1csc(NC(=O)c2cnn(-c3cccc(Cl)c3)c2C)n1. The quantitative estimate of drug-likeness (QED) is 0.634. The summed E-state index contributed by atoms with van der Waals surface area (Å²) in [6.07, 6.45) is 1.57. The zero-order valence-electron chi connectivity index (χ0n) is 14.7. The highest BCUT2D eigenvalue weighted by atomic mass is 35.5. The van der Waals surface area contributed by atoms with Crippen LogP contribution in [-0.2, 0) is 16.0 Å². The van der Waals surface area contributed by atoms with E-state index in [4.69, 9.17) is 16.3 Å². The van der Waals surface area contributed by atoms with E-state index in [-0.39, 0.29) is 18.3 Å². The van der Waals surface area contributed by atoms with Gasteiger partial charge in [0.2, 0.25) is 0 Å². The molecule has 0 radical (unpaired) electrons. The van der Waals surface area contributed by atoms with Crippen LogP contribution in [0.15, 0.2) is 35.8 Å². The summed E-state index contributed by atoms with van der Waals surface area (Å²) in [7, 11) is 0. The van der Waals surface area contributed by atoms with E-state index in [1.807, 2.05) is 12.1 Å². The summed E-state index contributed by atoms with van der Waals surface area (Å²) in [4.78, 5) is 28.3. The Morgan fingerprint density at radius 2 is 2.19 bits per heavy atom. The summed E-state index contributed by atoms with van der Waals surface area (Å²) in [5, 5.41) is 9.73. The van der Waals surface area contributed by atoms with E-state index in [0.29, 0.717) is 33.7 Å². The summed E-state index contributed by atoms with van der Waals surface area (Å²) in [5.74, 6) is -0.669. The second-order valence-corrected chi connectivity index (χ2v) is 6.91. The maximum atomic E-state index is 12.6. The van der Waals surface area contributed by atoms with Crippen LogP contribution >= 0.6 is 22.9 Å². The zero-order chi connectivity index (χ0) is 19.4. The van der Waals surface area contributed by atoms with Crippen LogP contribution in [0, 0.1) is 6.92 Å². The van der Waals surface area contributed by atoms with Crippen molar-refractivity contribution in [2.45, 2.75) is 20.3 Å². The average Bonchev–Trinajstić information content (AvgIpc) is 3.21. The summed E-state index contributed by atoms with van der Waals surface area (Å²) >= 11 is 7.27. The number of carbonyl (C=O) groups is 2. The fourth-order valence-corrected chi connectivity index (χ4v) is 3.36. The van der Waals surface area contributed by atoms with Crippen molar-refractivity contribution in [3.63, 3.8) is 0 Å². The molecule has 0 fully saturated rings. The van der Waals surface area contributed by atoms with Gasteiger partial charge in [-0.05, 0) is 32.0 Å². The number of carbonyl (C=O) groups excluding carboxylic acids is 2.